The van der Waals surface area contributed by atoms with Gasteiger partial charge in [-0.15, -0.1) is 0 Å². The molecule has 4 aliphatic rings. The lowest BCUT2D eigenvalue weighted by Gasteiger charge is -2.41. The number of halogens is 1. The molecule has 46 heavy (non-hydrogen) atoms. The third-order valence-electron chi connectivity index (χ3n) is 9.09. The molecule has 0 atom stereocenters. The van der Waals surface area contributed by atoms with Gasteiger partial charge in [-0.3, -0.25) is 0 Å². The number of anilines is 2. The van der Waals surface area contributed by atoms with E-state index in [0.717, 1.165) is 53.1 Å². The first-order chi connectivity index (χ1) is 21.5. The van der Waals surface area contributed by atoms with Gasteiger partial charge in [0.25, 0.3) is 19.4 Å². The highest BCUT2D eigenvalue weighted by atomic mass is 35.7. The molecule has 4 fully saturated rings. The quantitative estimate of drug-likeness (QED) is 0.226. The van der Waals surface area contributed by atoms with Crippen LogP contribution in [-0.4, -0.2) is 103 Å². The Morgan fingerprint density at radius 1 is 0.761 bits per heavy atom. The molecule has 0 aromatic carbocycles. The molecule has 4 N–H and O–H groups in total. The van der Waals surface area contributed by atoms with E-state index in [1.165, 1.54) is 46.3 Å². The minimum absolute atomic E-state index is 0. The summed E-state index contributed by atoms with van der Waals surface area (Å²) in [5, 5.41) is 2.13. The van der Waals surface area contributed by atoms with Crippen LogP contribution in [0.5, 0.6) is 0 Å². The largest absolute Gasteiger partial charge is 0.355 e. The minimum atomic E-state index is -3.44. The van der Waals surface area contributed by atoms with E-state index in [0.29, 0.717) is 25.0 Å². The van der Waals surface area contributed by atoms with Gasteiger partial charge in [-0.2, -0.15) is 21.1 Å². The van der Waals surface area contributed by atoms with Crippen LogP contribution in [0.2, 0.25) is 0 Å². The fourth-order valence-electron chi connectivity index (χ4n) is 6.37. The summed E-state index contributed by atoms with van der Waals surface area (Å²) in [6.07, 6.45) is 14.3. The molecule has 6 heterocycles. The van der Waals surface area contributed by atoms with Crippen molar-refractivity contribution in [3.05, 3.63) is 37.2 Å². The van der Waals surface area contributed by atoms with Crippen LogP contribution in [0, 0.1) is 5.41 Å². The second-order valence-electron chi connectivity index (χ2n) is 12.0. The van der Waals surface area contributed by atoms with Crippen LogP contribution in [0.15, 0.2) is 37.2 Å². The Kier molecular flexibility index (Phi) is 9.82. The number of rotatable bonds is 5. The van der Waals surface area contributed by atoms with E-state index < -0.39 is 19.4 Å². The average molecular weight is 696 g/mol. The summed E-state index contributed by atoms with van der Waals surface area (Å²) in [5.41, 5.74) is 2.10. The predicted molar refractivity (Wildman–Crippen MR) is 180 cm³/mol. The van der Waals surface area contributed by atoms with E-state index in [1.807, 2.05) is 23.2 Å². The number of piperazine rings is 1. The molecular weight excluding hydrogens is 654 g/mol. The van der Waals surface area contributed by atoms with Crippen molar-refractivity contribution in [1.29, 1.82) is 0 Å². The zero-order valence-electron chi connectivity index (χ0n) is 25.2. The Hall–Kier alpha value is -3.09. The standard InChI is InChI=1S/C13H18N6O2S.C13H16N4.CH4ClNO2S.CH4/c1-14-22(20,21)19-7-6-18(8-13(19)3-4-13)12-10-2-5-15-11(10)16-9-17-12;1-3-13(4-5-13)8-17(7-1)12-10-2-6-14-11(10)15-9-16-12;1-3-6(2,4)5;/h2,5,9,14H,3-4,6-8H2,1H3,(H,15,16,17);2,6,9H,1,3-5,7-8H2,(H,14,15,16);3H,1H3;1H4. The normalized spacial score (nSPS) is 20.1. The maximum absolute atomic E-state index is 12.2. The topological polar surface area (TPSA) is 185 Å². The van der Waals surface area contributed by atoms with E-state index >= 15 is 0 Å². The number of nitrogens with zero attached hydrogens (tertiary/aromatic N) is 7. The van der Waals surface area contributed by atoms with E-state index in [4.69, 9.17) is 0 Å². The number of fused-ring (bicyclic) bond motifs is 2. The van der Waals surface area contributed by atoms with Gasteiger partial charge >= 0.3 is 0 Å². The first kappa shape index (κ1) is 34.3. The van der Waals surface area contributed by atoms with Crippen LogP contribution in [0.4, 0.5) is 11.6 Å². The third kappa shape index (κ3) is 7.23. The number of aromatic nitrogens is 6. The summed E-state index contributed by atoms with van der Waals surface area (Å²) in [6.45, 7) is 4.09. The smallest absolute Gasteiger partial charge is 0.297 e. The Morgan fingerprint density at radius 3 is 1.78 bits per heavy atom. The lowest BCUT2D eigenvalue weighted by atomic mass is 9.95. The van der Waals surface area contributed by atoms with Crippen molar-refractivity contribution in [2.24, 2.45) is 5.41 Å². The zero-order valence-corrected chi connectivity index (χ0v) is 27.6. The van der Waals surface area contributed by atoms with Crippen LogP contribution in [-0.2, 0) is 19.4 Å². The maximum Gasteiger partial charge on any atom is 0.297 e. The van der Waals surface area contributed by atoms with Crippen molar-refractivity contribution in [2.75, 3.05) is 56.6 Å². The molecule has 18 heteroatoms. The van der Waals surface area contributed by atoms with Crippen molar-refractivity contribution in [1.82, 2.24) is 43.7 Å². The van der Waals surface area contributed by atoms with E-state index in [2.05, 4.69) is 61.2 Å². The number of hydrogen-bond donors (Lipinski definition) is 4. The van der Waals surface area contributed by atoms with Gasteiger partial charge in [-0.25, -0.2) is 29.4 Å². The summed E-state index contributed by atoms with van der Waals surface area (Å²) < 4.78 is 49.6. The molecule has 15 nitrogen and oxygen atoms in total. The van der Waals surface area contributed by atoms with Gasteiger partial charge in [0, 0.05) is 69.9 Å². The van der Waals surface area contributed by atoms with Crippen LogP contribution in [0.25, 0.3) is 22.1 Å². The molecule has 4 aromatic rings. The molecule has 0 radical (unpaired) electrons. The molecule has 8 rings (SSSR count). The summed E-state index contributed by atoms with van der Waals surface area (Å²) in [4.78, 5) is 28.2. The molecule has 2 saturated heterocycles. The van der Waals surface area contributed by atoms with Crippen LogP contribution >= 0.6 is 10.7 Å². The van der Waals surface area contributed by atoms with Crippen molar-refractivity contribution in [3.63, 3.8) is 0 Å². The van der Waals surface area contributed by atoms with Crippen molar-refractivity contribution >= 4 is 63.8 Å². The van der Waals surface area contributed by atoms with Crippen molar-refractivity contribution < 1.29 is 16.8 Å². The molecule has 2 saturated carbocycles. The molecule has 0 bridgehead atoms. The molecule has 4 aromatic heterocycles. The van der Waals surface area contributed by atoms with Crippen molar-refractivity contribution in [2.45, 2.75) is 51.5 Å². The van der Waals surface area contributed by atoms with Gasteiger partial charge in [0.1, 0.15) is 35.6 Å². The minimum Gasteiger partial charge on any atom is -0.355 e. The van der Waals surface area contributed by atoms with E-state index in [-0.39, 0.29) is 13.0 Å². The zero-order chi connectivity index (χ0) is 31.9. The number of hydrogen-bond acceptors (Lipinski definition) is 10. The van der Waals surface area contributed by atoms with E-state index in [9.17, 15) is 16.8 Å². The lowest BCUT2D eigenvalue weighted by molar-refractivity contribution is 0.268. The number of piperidine rings is 1. The molecule has 0 amide bonds. The van der Waals surface area contributed by atoms with Crippen LogP contribution < -0.4 is 19.2 Å². The lowest BCUT2D eigenvalue weighted by Crippen LogP contribution is -2.59. The number of H-pyrrole nitrogens is 2. The summed E-state index contributed by atoms with van der Waals surface area (Å²) in [7, 11) is 0.455. The first-order valence-electron chi connectivity index (χ1n) is 14.9. The average Bonchev–Trinajstić information content (AvgIpc) is 3.81. The Balaban J connectivity index is 0.000000155. The number of aromatic amines is 2. The highest BCUT2D eigenvalue weighted by Crippen LogP contribution is 2.52. The fourth-order valence-corrected chi connectivity index (χ4v) is 7.67. The Morgan fingerprint density at radius 2 is 1.30 bits per heavy atom. The second kappa shape index (κ2) is 13.2. The first-order valence-corrected chi connectivity index (χ1v) is 18.6. The number of nitrogens with one attached hydrogen (secondary N) is 4. The maximum atomic E-state index is 12.2. The highest BCUT2D eigenvalue weighted by Gasteiger charge is 2.55. The summed E-state index contributed by atoms with van der Waals surface area (Å²) in [6, 6.07) is 4.04. The van der Waals surface area contributed by atoms with Crippen LogP contribution in [0.3, 0.4) is 0 Å². The molecule has 2 aliphatic heterocycles. The summed E-state index contributed by atoms with van der Waals surface area (Å²) in [5.74, 6) is 1.99. The molecule has 252 valence electrons. The molecule has 2 aliphatic carbocycles. The van der Waals surface area contributed by atoms with Gasteiger partial charge in [0.2, 0.25) is 0 Å². The van der Waals surface area contributed by atoms with Gasteiger partial charge in [-0.1, -0.05) is 7.43 Å². The Bertz CT molecular complexity index is 1870. The SMILES string of the molecule is C.CNS(=O)(=O)Cl.CNS(=O)(=O)N1CCN(c2ncnc3[nH]ccc23)CC12CC2.c1nc(N2CCCC3(CC3)C2)c2cc[nH]c2n1. The molecular formula is C28H42ClN11O4S2. The predicted octanol–water partition coefficient (Wildman–Crippen LogP) is 2.74. The van der Waals surface area contributed by atoms with Crippen LogP contribution in [0.1, 0.15) is 46.0 Å². The second-order valence-corrected chi connectivity index (χ2v) is 16.3. The van der Waals surface area contributed by atoms with Gasteiger partial charge in [0.05, 0.1) is 16.3 Å². The monoisotopic (exact) mass is 695 g/mol. The van der Waals surface area contributed by atoms with Gasteiger partial charge in [0.15, 0.2) is 0 Å². The van der Waals surface area contributed by atoms with E-state index in [1.54, 1.807) is 17.0 Å². The fraction of sp³-hybridized carbons (Fsp3) is 0.571. The summed E-state index contributed by atoms with van der Waals surface area (Å²) >= 11 is 0. The highest BCUT2D eigenvalue weighted by molar-refractivity contribution is 8.12. The molecule has 0 unspecified atom stereocenters. The molecule has 2 spiro atoms. The van der Waals surface area contributed by atoms with Gasteiger partial charge in [-0.05, 0) is 56.1 Å². The Labute approximate surface area is 274 Å². The van der Waals surface area contributed by atoms with Gasteiger partial charge < -0.3 is 19.8 Å². The third-order valence-corrected chi connectivity index (χ3v) is 11.7. The van der Waals surface area contributed by atoms with Crippen molar-refractivity contribution in [3.8, 4) is 0 Å².